The van der Waals surface area contributed by atoms with Crippen LogP contribution < -0.4 is 10.6 Å². The van der Waals surface area contributed by atoms with Gasteiger partial charge < -0.3 is 15.4 Å². The van der Waals surface area contributed by atoms with Crippen molar-refractivity contribution in [3.05, 3.63) is 0 Å². The van der Waals surface area contributed by atoms with Gasteiger partial charge in [-0.2, -0.15) is 17.5 Å². The molecule has 0 aromatic rings. The monoisotopic (exact) mass is 429 g/mol. The quantitative estimate of drug-likeness (QED) is 0.475. The third kappa shape index (κ3) is 6.19. The van der Waals surface area contributed by atoms with Crippen LogP contribution in [0.25, 0.3) is 0 Å². The fourth-order valence-corrected chi connectivity index (χ4v) is 4.24. The van der Waals surface area contributed by atoms with Crippen molar-refractivity contribution in [3.63, 3.8) is 0 Å². The molecule has 0 spiro atoms. The van der Waals surface area contributed by atoms with Gasteiger partial charge >= 0.3 is 15.5 Å². The van der Waals surface area contributed by atoms with Crippen LogP contribution in [0.5, 0.6) is 0 Å². The minimum absolute atomic E-state index is 0.129. The maximum atomic E-state index is 12.7. The van der Waals surface area contributed by atoms with Gasteiger partial charge in [-0.15, -0.1) is 0 Å². The summed E-state index contributed by atoms with van der Waals surface area (Å²) in [5.74, 6) is 0.597. The number of halogens is 3. The molecule has 0 saturated carbocycles. The zero-order valence-corrected chi connectivity index (χ0v) is 17.2. The summed E-state index contributed by atoms with van der Waals surface area (Å²) >= 11 is 0. The smallest absolute Gasteiger partial charge is 0.379 e. The summed E-state index contributed by atoms with van der Waals surface area (Å²) in [6, 6.07) is 0.120. The lowest BCUT2D eigenvalue weighted by Crippen LogP contribution is -2.52. The van der Waals surface area contributed by atoms with Crippen LogP contribution >= 0.6 is 0 Å². The van der Waals surface area contributed by atoms with Crippen LogP contribution in [0.15, 0.2) is 4.99 Å². The fourth-order valence-electron chi connectivity index (χ4n) is 3.26. The van der Waals surface area contributed by atoms with Gasteiger partial charge in [-0.1, -0.05) is 0 Å². The first kappa shape index (κ1) is 23.2. The Balaban J connectivity index is 1.87. The minimum atomic E-state index is -5.25. The lowest BCUT2D eigenvalue weighted by atomic mass is 10.1. The number of hydrogen-bond donors (Lipinski definition) is 2. The van der Waals surface area contributed by atoms with Crippen molar-refractivity contribution >= 4 is 16.0 Å². The maximum Gasteiger partial charge on any atom is 0.511 e. The molecule has 2 rings (SSSR count). The molecule has 28 heavy (non-hydrogen) atoms. The normalized spacial score (nSPS) is 22.8. The SMILES string of the molecule is CCNC(=NCC(C)N1CCOCC1)NC1CCN(S(=O)(=O)C(F)(F)F)CC1. The van der Waals surface area contributed by atoms with Crippen molar-refractivity contribution in [1.29, 1.82) is 0 Å². The summed E-state index contributed by atoms with van der Waals surface area (Å²) in [6.45, 7) is 8.10. The Morgan fingerprint density at radius 1 is 1.21 bits per heavy atom. The number of piperidine rings is 1. The van der Waals surface area contributed by atoms with Crippen LogP contribution in [-0.4, -0.2) is 93.7 Å². The van der Waals surface area contributed by atoms with E-state index in [0.717, 1.165) is 13.1 Å². The van der Waals surface area contributed by atoms with E-state index in [9.17, 15) is 21.6 Å². The third-order valence-electron chi connectivity index (χ3n) is 4.95. The number of morpholine rings is 1. The average molecular weight is 430 g/mol. The van der Waals surface area contributed by atoms with Gasteiger partial charge in [0.2, 0.25) is 0 Å². The Bertz CT molecular complexity index is 616. The molecular formula is C16H30F3N5O3S. The van der Waals surface area contributed by atoms with E-state index < -0.39 is 15.5 Å². The average Bonchev–Trinajstić information content (AvgIpc) is 2.66. The van der Waals surface area contributed by atoms with E-state index in [-0.39, 0.29) is 25.2 Å². The highest BCUT2D eigenvalue weighted by Gasteiger charge is 2.50. The Labute approximate surface area is 164 Å². The van der Waals surface area contributed by atoms with Gasteiger partial charge in [-0.05, 0) is 26.7 Å². The second-order valence-corrected chi connectivity index (χ2v) is 8.91. The zero-order valence-electron chi connectivity index (χ0n) is 16.3. The Morgan fingerprint density at radius 3 is 2.36 bits per heavy atom. The topological polar surface area (TPSA) is 86.3 Å². The Kier molecular flexibility index (Phi) is 8.34. The summed E-state index contributed by atoms with van der Waals surface area (Å²) in [5.41, 5.74) is -5.25. The molecule has 0 radical (unpaired) electrons. The molecule has 2 fully saturated rings. The molecule has 0 aromatic heterocycles. The minimum Gasteiger partial charge on any atom is -0.379 e. The summed E-state index contributed by atoms with van der Waals surface area (Å²) in [4.78, 5) is 6.89. The molecule has 1 atom stereocenters. The molecule has 164 valence electrons. The predicted octanol–water partition coefficient (Wildman–Crippen LogP) is 0.576. The molecule has 0 aromatic carbocycles. The fraction of sp³-hybridized carbons (Fsp3) is 0.938. The molecule has 8 nitrogen and oxygen atoms in total. The molecule has 2 saturated heterocycles. The van der Waals surface area contributed by atoms with E-state index in [1.807, 2.05) is 6.92 Å². The van der Waals surface area contributed by atoms with E-state index in [2.05, 4.69) is 27.4 Å². The number of alkyl halides is 3. The van der Waals surface area contributed by atoms with E-state index in [0.29, 0.717) is 49.4 Å². The number of sulfonamides is 1. The number of ether oxygens (including phenoxy) is 1. The first-order valence-electron chi connectivity index (χ1n) is 9.58. The summed E-state index contributed by atoms with van der Waals surface area (Å²) in [7, 11) is -5.25. The summed E-state index contributed by atoms with van der Waals surface area (Å²) in [5, 5.41) is 6.36. The van der Waals surface area contributed by atoms with Gasteiger partial charge in [0.25, 0.3) is 0 Å². The molecule has 2 heterocycles. The van der Waals surface area contributed by atoms with Crippen LogP contribution in [0.3, 0.4) is 0 Å². The van der Waals surface area contributed by atoms with E-state index >= 15 is 0 Å². The summed E-state index contributed by atoms with van der Waals surface area (Å²) < 4.78 is 66.9. The predicted molar refractivity (Wildman–Crippen MR) is 101 cm³/mol. The number of nitrogens with one attached hydrogen (secondary N) is 2. The van der Waals surface area contributed by atoms with E-state index in [1.165, 1.54) is 0 Å². The number of nitrogens with zero attached hydrogens (tertiary/aromatic N) is 3. The number of rotatable bonds is 6. The maximum absolute atomic E-state index is 12.7. The number of hydrogen-bond acceptors (Lipinski definition) is 5. The summed E-state index contributed by atoms with van der Waals surface area (Å²) in [6.07, 6.45) is 0.581. The van der Waals surface area contributed by atoms with Gasteiger partial charge in [0, 0.05) is 44.8 Å². The lowest BCUT2D eigenvalue weighted by molar-refractivity contribution is -0.0494. The van der Waals surface area contributed by atoms with Crippen molar-refractivity contribution in [2.75, 3.05) is 52.5 Å². The van der Waals surface area contributed by atoms with Gasteiger partial charge in [-0.3, -0.25) is 9.89 Å². The molecule has 12 heteroatoms. The van der Waals surface area contributed by atoms with Crippen molar-refractivity contribution in [1.82, 2.24) is 19.8 Å². The van der Waals surface area contributed by atoms with Crippen molar-refractivity contribution < 1.29 is 26.3 Å². The van der Waals surface area contributed by atoms with Gasteiger partial charge in [0.15, 0.2) is 5.96 Å². The zero-order chi connectivity index (χ0) is 20.8. The molecule has 0 aliphatic carbocycles. The van der Waals surface area contributed by atoms with Gasteiger partial charge in [0.05, 0.1) is 19.8 Å². The van der Waals surface area contributed by atoms with E-state index in [4.69, 9.17) is 4.74 Å². The van der Waals surface area contributed by atoms with Gasteiger partial charge in [-0.25, -0.2) is 8.42 Å². The van der Waals surface area contributed by atoms with Crippen LogP contribution in [-0.2, 0) is 14.8 Å². The van der Waals surface area contributed by atoms with Crippen LogP contribution in [0, 0.1) is 0 Å². The number of guanidine groups is 1. The first-order valence-corrected chi connectivity index (χ1v) is 11.0. The standard InChI is InChI=1S/C16H30F3N5O3S/c1-3-20-15(21-12-13(2)23-8-10-27-11-9-23)22-14-4-6-24(7-5-14)28(25,26)16(17,18)19/h13-14H,3-12H2,1-2H3,(H2,20,21,22). The molecular weight excluding hydrogens is 399 g/mol. The first-order chi connectivity index (χ1) is 13.1. The highest BCUT2D eigenvalue weighted by molar-refractivity contribution is 7.90. The van der Waals surface area contributed by atoms with Crippen LogP contribution in [0.4, 0.5) is 13.2 Å². The third-order valence-corrected chi connectivity index (χ3v) is 6.58. The largest absolute Gasteiger partial charge is 0.511 e. The van der Waals surface area contributed by atoms with E-state index in [1.54, 1.807) is 0 Å². The van der Waals surface area contributed by atoms with Gasteiger partial charge in [0.1, 0.15) is 0 Å². The van der Waals surface area contributed by atoms with Crippen molar-refractivity contribution in [2.45, 2.75) is 44.3 Å². The molecule has 0 bridgehead atoms. The second-order valence-electron chi connectivity index (χ2n) is 6.99. The number of aliphatic imine (C=N–C) groups is 1. The molecule has 0 amide bonds. The molecule has 2 N–H and O–H groups in total. The highest BCUT2D eigenvalue weighted by atomic mass is 32.2. The second kappa shape index (κ2) is 10.1. The Morgan fingerprint density at radius 2 is 1.82 bits per heavy atom. The van der Waals surface area contributed by atoms with Crippen molar-refractivity contribution in [3.8, 4) is 0 Å². The highest BCUT2D eigenvalue weighted by Crippen LogP contribution is 2.28. The molecule has 2 aliphatic rings. The van der Waals surface area contributed by atoms with Crippen molar-refractivity contribution in [2.24, 2.45) is 4.99 Å². The van der Waals surface area contributed by atoms with Crippen LogP contribution in [0.2, 0.25) is 0 Å². The Hall–Kier alpha value is -1.11. The molecule has 1 unspecified atom stereocenters. The lowest BCUT2D eigenvalue weighted by Gasteiger charge is -2.33. The van der Waals surface area contributed by atoms with Crippen LogP contribution in [0.1, 0.15) is 26.7 Å². The molecule has 2 aliphatic heterocycles.